The van der Waals surface area contributed by atoms with Crippen LogP contribution < -0.4 is 5.56 Å². The number of para-hydroxylation sites is 1. The summed E-state index contributed by atoms with van der Waals surface area (Å²) in [5.74, 6) is 0.495. The van der Waals surface area contributed by atoms with Gasteiger partial charge in [0.2, 0.25) is 0 Å². The van der Waals surface area contributed by atoms with Crippen molar-refractivity contribution in [3.8, 4) is 33.9 Å². The SMILES string of the molecule is O=c1c2cnn(-c3ccccc3)c2nc(-c2ccc(-c3cnoc3)cc2)n1-c1ccc(Cl)cc1. The molecule has 0 aliphatic rings. The van der Waals surface area contributed by atoms with Gasteiger partial charge in [0.05, 0.1) is 23.8 Å². The van der Waals surface area contributed by atoms with Crippen LogP contribution in [0.3, 0.4) is 0 Å². The zero-order valence-corrected chi connectivity index (χ0v) is 18.4. The molecule has 0 N–H and O–H groups in total. The summed E-state index contributed by atoms with van der Waals surface area (Å²) < 4.78 is 8.22. The first-order valence-electron chi connectivity index (χ1n) is 10.5. The van der Waals surface area contributed by atoms with E-state index in [0.29, 0.717) is 27.6 Å². The van der Waals surface area contributed by atoms with Gasteiger partial charge in [-0.15, -0.1) is 0 Å². The number of hydrogen-bond donors (Lipinski definition) is 0. The van der Waals surface area contributed by atoms with Crippen LogP contribution in [0.1, 0.15) is 0 Å². The zero-order chi connectivity index (χ0) is 23.1. The van der Waals surface area contributed by atoms with Crippen molar-refractivity contribution in [2.75, 3.05) is 0 Å². The highest BCUT2D eigenvalue weighted by Crippen LogP contribution is 2.27. The van der Waals surface area contributed by atoms with E-state index in [2.05, 4.69) is 10.3 Å². The third-order valence-corrected chi connectivity index (χ3v) is 5.85. The summed E-state index contributed by atoms with van der Waals surface area (Å²) in [6.07, 6.45) is 4.80. The Kier molecular flexibility index (Phi) is 4.82. The standard InChI is InChI=1S/C26H16ClN5O2/c27-20-10-12-21(13-11-20)31-24(18-8-6-17(7-9-18)19-14-29-34-16-19)30-25-23(26(31)33)15-28-32(25)22-4-2-1-3-5-22/h1-16H. The predicted octanol–water partition coefficient (Wildman–Crippen LogP) is 5.55. The van der Waals surface area contributed by atoms with Crippen molar-refractivity contribution in [1.82, 2.24) is 24.5 Å². The monoisotopic (exact) mass is 465 g/mol. The summed E-state index contributed by atoms with van der Waals surface area (Å²) in [4.78, 5) is 18.7. The number of aromatic nitrogens is 5. The molecule has 3 aromatic heterocycles. The molecule has 6 rings (SSSR count). The van der Waals surface area contributed by atoms with Gasteiger partial charge in [-0.25, -0.2) is 9.67 Å². The maximum absolute atomic E-state index is 13.7. The average molecular weight is 466 g/mol. The lowest BCUT2D eigenvalue weighted by Crippen LogP contribution is -2.22. The number of benzene rings is 3. The van der Waals surface area contributed by atoms with Gasteiger partial charge in [-0.2, -0.15) is 5.10 Å². The second-order valence-corrected chi connectivity index (χ2v) is 8.11. The molecule has 164 valence electrons. The summed E-state index contributed by atoms with van der Waals surface area (Å²) in [6.45, 7) is 0. The first-order valence-corrected chi connectivity index (χ1v) is 10.9. The largest absolute Gasteiger partial charge is 0.364 e. The molecule has 3 heterocycles. The summed E-state index contributed by atoms with van der Waals surface area (Å²) in [7, 11) is 0. The number of fused-ring (bicyclic) bond motifs is 1. The molecule has 6 aromatic rings. The van der Waals surface area contributed by atoms with Crippen LogP contribution >= 0.6 is 11.6 Å². The molecule has 0 fully saturated rings. The van der Waals surface area contributed by atoms with E-state index in [9.17, 15) is 4.79 Å². The summed E-state index contributed by atoms with van der Waals surface area (Å²) >= 11 is 6.10. The van der Waals surface area contributed by atoms with Crippen molar-refractivity contribution in [3.63, 3.8) is 0 Å². The molecule has 0 bridgehead atoms. The minimum absolute atomic E-state index is 0.215. The van der Waals surface area contributed by atoms with Crippen molar-refractivity contribution < 1.29 is 4.52 Å². The first-order chi connectivity index (χ1) is 16.7. The van der Waals surface area contributed by atoms with Gasteiger partial charge in [-0.3, -0.25) is 9.36 Å². The fourth-order valence-corrected chi connectivity index (χ4v) is 4.03. The molecule has 0 aliphatic carbocycles. The molecule has 8 heteroatoms. The van der Waals surface area contributed by atoms with Crippen LogP contribution in [0.4, 0.5) is 0 Å². The van der Waals surface area contributed by atoms with Crippen LogP contribution in [0.15, 0.2) is 107 Å². The van der Waals surface area contributed by atoms with Crippen LogP contribution in [0, 0.1) is 0 Å². The molecule has 0 atom stereocenters. The second-order valence-electron chi connectivity index (χ2n) is 7.67. The molecule has 0 amide bonds. The highest BCUT2D eigenvalue weighted by molar-refractivity contribution is 6.30. The summed E-state index contributed by atoms with van der Waals surface area (Å²) in [6, 6.07) is 24.4. The topological polar surface area (TPSA) is 78.7 Å². The lowest BCUT2D eigenvalue weighted by Gasteiger charge is -2.14. The number of rotatable bonds is 4. The van der Waals surface area contributed by atoms with Crippen molar-refractivity contribution in [2.24, 2.45) is 0 Å². The molecule has 0 saturated carbocycles. The van der Waals surface area contributed by atoms with Gasteiger partial charge in [-0.05, 0) is 42.0 Å². The minimum Gasteiger partial charge on any atom is -0.364 e. The fraction of sp³-hybridized carbons (Fsp3) is 0. The lowest BCUT2D eigenvalue weighted by atomic mass is 10.1. The van der Waals surface area contributed by atoms with Gasteiger partial charge in [0.1, 0.15) is 17.5 Å². The normalized spacial score (nSPS) is 11.2. The van der Waals surface area contributed by atoms with Gasteiger partial charge in [-0.1, -0.05) is 59.2 Å². The molecule has 0 aliphatic heterocycles. The Morgan fingerprint density at radius 1 is 0.765 bits per heavy atom. The number of halogens is 1. The maximum Gasteiger partial charge on any atom is 0.269 e. The molecular weight excluding hydrogens is 450 g/mol. The summed E-state index contributed by atoms with van der Waals surface area (Å²) in [5, 5.41) is 9.23. The van der Waals surface area contributed by atoms with E-state index in [4.69, 9.17) is 21.1 Å². The first kappa shape index (κ1) is 20.1. The highest BCUT2D eigenvalue weighted by Gasteiger charge is 2.18. The zero-order valence-electron chi connectivity index (χ0n) is 17.7. The number of nitrogens with zero attached hydrogens (tertiary/aromatic N) is 5. The van der Waals surface area contributed by atoms with E-state index in [0.717, 1.165) is 22.4 Å². The molecule has 0 spiro atoms. The highest BCUT2D eigenvalue weighted by atomic mass is 35.5. The van der Waals surface area contributed by atoms with Gasteiger partial charge in [0.25, 0.3) is 5.56 Å². The Bertz CT molecular complexity index is 1650. The molecule has 3 aromatic carbocycles. The van der Waals surface area contributed by atoms with Crippen LogP contribution in [0.5, 0.6) is 0 Å². The molecule has 0 unspecified atom stereocenters. The number of hydrogen-bond acceptors (Lipinski definition) is 5. The second kappa shape index (κ2) is 8.13. The molecule has 34 heavy (non-hydrogen) atoms. The van der Waals surface area contributed by atoms with E-state index >= 15 is 0 Å². The minimum atomic E-state index is -0.215. The maximum atomic E-state index is 13.7. The van der Waals surface area contributed by atoms with Gasteiger partial charge in [0, 0.05) is 16.1 Å². The summed E-state index contributed by atoms with van der Waals surface area (Å²) in [5.41, 5.74) is 4.34. The van der Waals surface area contributed by atoms with Gasteiger partial charge < -0.3 is 4.52 Å². The Morgan fingerprint density at radius 2 is 1.50 bits per heavy atom. The third kappa shape index (κ3) is 3.39. The molecular formula is C26H16ClN5O2. The quantitative estimate of drug-likeness (QED) is 0.341. The van der Waals surface area contributed by atoms with E-state index in [-0.39, 0.29) is 5.56 Å². The van der Waals surface area contributed by atoms with Crippen LogP contribution in [0.2, 0.25) is 5.02 Å². The van der Waals surface area contributed by atoms with E-state index in [1.165, 1.54) is 0 Å². The molecule has 7 nitrogen and oxygen atoms in total. The smallest absolute Gasteiger partial charge is 0.269 e. The van der Waals surface area contributed by atoms with E-state index < -0.39 is 0 Å². The third-order valence-electron chi connectivity index (χ3n) is 5.60. The predicted molar refractivity (Wildman–Crippen MR) is 130 cm³/mol. The van der Waals surface area contributed by atoms with Crippen LogP contribution in [-0.2, 0) is 0 Å². The Labute approximate surface area is 198 Å². The average Bonchev–Trinajstić information content (AvgIpc) is 3.56. The van der Waals surface area contributed by atoms with Crippen molar-refractivity contribution in [3.05, 3.63) is 113 Å². The van der Waals surface area contributed by atoms with Crippen molar-refractivity contribution in [1.29, 1.82) is 0 Å². The Morgan fingerprint density at radius 3 is 2.21 bits per heavy atom. The van der Waals surface area contributed by atoms with Crippen molar-refractivity contribution in [2.45, 2.75) is 0 Å². The molecule has 0 radical (unpaired) electrons. The van der Waals surface area contributed by atoms with Gasteiger partial charge >= 0.3 is 0 Å². The fourth-order valence-electron chi connectivity index (χ4n) is 3.91. The van der Waals surface area contributed by atoms with Crippen LogP contribution in [-0.4, -0.2) is 24.5 Å². The van der Waals surface area contributed by atoms with E-state index in [1.54, 1.807) is 52.2 Å². The van der Waals surface area contributed by atoms with Gasteiger partial charge in [0.15, 0.2) is 5.65 Å². The van der Waals surface area contributed by atoms with Crippen LogP contribution in [0.25, 0.3) is 44.9 Å². The van der Waals surface area contributed by atoms with E-state index in [1.807, 2.05) is 54.6 Å². The lowest BCUT2D eigenvalue weighted by molar-refractivity contribution is 0.420. The van der Waals surface area contributed by atoms with Crippen molar-refractivity contribution >= 4 is 22.6 Å². The molecule has 0 saturated heterocycles. The Hall–Kier alpha value is -4.49. The Balaban J connectivity index is 1.61.